The number of aliphatic hydroxyl groups is 4. The Balaban J connectivity index is 2.60. The van der Waals surface area contributed by atoms with Gasteiger partial charge in [-0.15, -0.1) is 11.8 Å². The molecule has 1 aliphatic rings. The van der Waals surface area contributed by atoms with Crippen molar-refractivity contribution >= 4 is 11.8 Å². The third-order valence-electron chi connectivity index (χ3n) is 2.06. The Bertz CT molecular complexity index is 167. The molecule has 0 amide bonds. The standard InChI is InChI=1S/C7H14O5S/c1-13-7-5(11)4(10)6(12-7)3(9)2-8/h3-11H,2H2,1H3/t3-,4-,5-,6+,7?/m1/s1. The van der Waals surface area contributed by atoms with Gasteiger partial charge in [0.05, 0.1) is 6.61 Å². The molecule has 0 radical (unpaired) electrons. The van der Waals surface area contributed by atoms with E-state index in [9.17, 15) is 15.3 Å². The number of thioether (sulfide) groups is 1. The molecule has 13 heavy (non-hydrogen) atoms. The van der Waals surface area contributed by atoms with Gasteiger partial charge in [0.1, 0.15) is 29.9 Å². The zero-order valence-electron chi connectivity index (χ0n) is 7.20. The highest BCUT2D eigenvalue weighted by Gasteiger charge is 2.45. The summed E-state index contributed by atoms with van der Waals surface area (Å²) >= 11 is 1.25. The summed E-state index contributed by atoms with van der Waals surface area (Å²) in [4.78, 5) is 0. The Morgan fingerprint density at radius 1 is 1.38 bits per heavy atom. The van der Waals surface area contributed by atoms with Crippen molar-refractivity contribution < 1.29 is 25.2 Å². The van der Waals surface area contributed by atoms with Crippen LogP contribution in [0.15, 0.2) is 0 Å². The number of hydrogen-bond acceptors (Lipinski definition) is 6. The molecule has 0 aromatic carbocycles. The summed E-state index contributed by atoms with van der Waals surface area (Å²) in [6.07, 6.45) is -2.48. The SMILES string of the molecule is CSC1O[C@@H]([C@H](O)CO)[C@H](O)[C@H]1O. The van der Waals surface area contributed by atoms with Gasteiger partial charge in [0, 0.05) is 0 Å². The van der Waals surface area contributed by atoms with Gasteiger partial charge in [0.15, 0.2) is 0 Å². The van der Waals surface area contributed by atoms with E-state index in [0.29, 0.717) is 0 Å². The highest BCUT2D eigenvalue weighted by atomic mass is 32.2. The van der Waals surface area contributed by atoms with Crippen LogP contribution in [0.4, 0.5) is 0 Å². The topological polar surface area (TPSA) is 90.2 Å². The molecule has 6 heteroatoms. The second kappa shape index (κ2) is 4.59. The van der Waals surface area contributed by atoms with E-state index in [1.54, 1.807) is 6.26 Å². The highest BCUT2D eigenvalue weighted by molar-refractivity contribution is 7.99. The normalized spacial score (nSPS) is 42.2. The first-order valence-electron chi connectivity index (χ1n) is 3.95. The van der Waals surface area contributed by atoms with Crippen LogP contribution in [-0.2, 0) is 4.74 Å². The molecule has 0 bridgehead atoms. The van der Waals surface area contributed by atoms with Crippen molar-refractivity contribution in [2.75, 3.05) is 12.9 Å². The van der Waals surface area contributed by atoms with Gasteiger partial charge >= 0.3 is 0 Å². The lowest BCUT2D eigenvalue weighted by molar-refractivity contribution is -0.0713. The minimum Gasteiger partial charge on any atom is -0.394 e. The van der Waals surface area contributed by atoms with Crippen LogP contribution in [0, 0.1) is 0 Å². The molecule has 0 aliphatic carbocycles. The van der Waals surface area contributed by atoms with Gasteiger partial charge in [0.2, 0.25) is 0 Å². The van der Waals surface area contributed by atoms with E-state index in [1.165, 1.54) is 11.8 Å². The summed E-state index contributed by atoms with van der Waals surface area (Å²) in [5.41, 5.74) is -0.541. The summed E-state index contributed by atoms with van der Waals surface area (Å²) in [6, 6.07) is 0. The Hall–Kier alpha value is 0.150. The van der Waals surface area contributed by atoms with Gasteiger partial charge in [0.25, 0.3) is 0 Å². The molecular weight excluding hydrogens is 196 g/mol. The van der Waals surface area contributed by atoms with Crippen LogP contribution in [0.5, 0.6) is 0 Å². The molecule has 1 saturated heterocycles. The Morgan fingerprint density at radius 3 is 2.38 bits per heavy atom. The fraction of sp³-hybridized carbons (Fsp3) is 1.00. The Morgan fingerprint density at radius 2 is 2.00 bits per heavy atom. The smallest absolute Gasteiger partial charge is 0.132 e. The third kappa shape index (κ3) is 2.15. The van der Waals surface area contributed by atoms with Crippen molar-refractivity contribution in [2.24, 2.45) is 0 Å². The second-order valence-electron chi connectivity index (χ2n) is 2.94. The molecule has 0 spiro atoms. The summed E-state index contributed by atoms with van der Waals surface area (Å²) in [5.74, 6) is 0. The Kier molecular flexibility index (Phi) is 3.96. The number of rotatable bonds is 3. The molecule has 1 fully saturated rings. The lowest BCUT2D eigenvalue weighted by Gasteiger charge is -2.18. The van der Waals surface area contributed by atoms with Crippen LogP contribution < -0.4 is 0 Å². The zero-order valence-corrected chi connectivity index (χ0v) is 8.02. The molecule has 5 atom stereocenters. The lowest BCUT2D eigenvalue weighted by Crippen LogP contribution is -2.40. The molecule has 0 aromatic heterocycles. The zero-order chi connectivity index (χ0) is 10.0. The molecule has 1 aliphatic heterocycles. The highest BCUT2D eigenvalue weighted by Crippen LogP contribution is 2.29. The first-order chi connectivity index (χ1) is 6.11. The van der Waals surface area contributed by atoms with E-state index in [1.807, 2.05) is 0 Å². The average molecular weight is 210 g/mol. The molecule has 1 rings (SSSR count). The van der Waals surface area contributed by atoms with Gasteiger partial charge in [-0.25, -0.2) is 0 Å². The Labute approximate surface area is 80.3 Å². The van der Waals surface area contributed by atoms with Gasteiger partial charge in [-0.2, -0.15) is 0 Å². The van der Waals surface area contributed by atoms with Crippen molar-refractivity contribution in [3.05, 3.63) is 0 Å². The molecule has 0 saturated carbocycles. The minimum atomic E-state index is -1.15. The van der Waals surface area contributed by atoms with Crippen molar-refractivity contribution in [3.8, 4) is 0 Å². The maximum atomic E-state index is 9.40. The van der Waals surface area contributed by atoms with E-state index in [0.717, 1.165) is 0 Å². The molecule has 4 N–H and O–H groups in total. The number of hydrogen-bond donors (Lipinski definition) is 4. The average Bonchev–Trinajstić information content (AvgIpc) is 2.43. The predicted octanol–water partition coefficient (Wildman–Crippen LogP) is -1.85. The molecule has 0 aromatic rings. The van der Waals surface area contributed by atoms with E-state index in [-0.39, 0.29) is 0 Å². The fourth-order valence-corrected chi connectivity index (χ4v) is 1.97. The van der Waals surface area contributed by atoms with Gasteiger partial charge < -0.3 is 25.2 Å². The number of aliphatic hydroxyl groups excluding tert-OH is 4. The van der Waals surface area contributed by atoms with E-state index < -0.39 is 36.5 Å². The maximum Gasteiger partial charge on any atom is 0.132 e. The summed E-state index contributed by atoms with van der Waals surface area (Å²) in [5, 5.41) is 36.6. The van der Waals surface area contributed by atoms with Gasteiger partial charge in [-0.3, -0.25) is 0 Å². The fourth-order valence-electron chi connectivity index (χ4n) is 1.29. The van der Waals surface area contributed by atoms with Crippen LogP contribution in [0.3, 0.4) is 0 Å². The number of ether oxygens (including phenoxy) is 1. The van der Waals surface area contributed by atoms with Crippen LogP contribution in [0.1, 0.15) is 0 Å². The molecule has 78 valence electrons. The van der Waals surface area contributed by atoms with Gasteiger partial charge in [-0.05, 0) is 6.26 Å². The van der Waals surface area contributed by atoms with E-state index >= 15 is 0 Å². The van der Waals surface area contributed by atoms with Crippen molar-refractivity contribution in [3.63, 3.8) is 0 Å². The molecule has 5 nitrogen and oxygen atoms in total. The van der Waals surface area contributed by atoms with Gasteiger partial charge in [-0.1, -0.05) is 0 Å². The predicted molar refractivity (Wildman–Crippen MR) is 47.3 cm³/mol. The first-order valence-corrected chi connectivity index (χ1v) is 5.24. The maximum absolute atomic E-state index is 9.40. The molecule has 1 heterocycles. The molecular formula is C7H14O5S. The van der Waals surface area contributed by atoms with Crippen molar-refractivity contribution in [2.45, 2.75) is 29.9 Å². The minimum absolute atomic E-state index is 0.491. The van der Waals surface area contributed by atoms with Crippen LogP contribution in [0.25, 0.3) is 0 Å². The van der Waals surface area contributed by atoms with Crippen molar-refractivity contribution in [1.82, 2.24) is 0 Å². The van der Waals surface area contributed by atoms with Crippen LogP contribution in [0.2, 0.25) is 0 Å². The quantitative estimate of drug-likeness (QED) is 0.437. The third-order valence-corrected chi connectivity index (χ3v) is 2.91. The van der Waals surface area contributed by atoms with E-state index in [2.05, 4.69) is 0 Å². The van der Waals surface area contributed by atoms with Crippen LogP contribution >= 0.6 is 11.8 Å². The second-order valence-corrected chi connectivity index (χ2v) is 3.87. The molecule has 1 unspecified atom stereocenters. The largest absolute Gasteiger partial charge is 0.394 e. The monoisotopic (exact) mass is 210 g/mol. The summed E-state index contributed by atoms with van der Waals surface area (Å²) in [7, 11) is 0. The summed E-state index contributed by atoms with van der Waals surface area (Å²) in [6.45, 7) is -0.491. The van der Waals surface area contributed by atoms with Crippen molar-refractivity contribution in [1.29, 1.82) is 0 Å². The lowest BCUT2D eigenvalue weighted by atomic mass is 10.1. The summed E-state index contributed by atoms with van der Waals surface area (Å²) < 4.78 is 5.14. The van der Waals surface area contributed by atoms with E-state index in [4.69, 9.17) is 9.84 Å². The first kappa shape index (κ1) is 11.2. The van der Waals surface area contributed by atoms with Crippen LogP contribution in [-0.4, -0.2) is 63.1 Å².